The topological polar surface area (TPSA) is 89.6 Å². The van der Waals surface area contributed by atoms with E-state index in [1.807, 2.05) is 48.5 Å². The Kier molecular flexibility index (Phi) is 4.05. The highest BCUT2D eigenvalue weighted by atomic mass is 16.1. The molecule has 0 spiro atoms. The molecular formula is C23H21N5O. The van der Waals surface area contributed by atoms with Crippen molar-refractivity contribution >= 4 is 28.7 Å². The van der Waals surface area contributed by atoms with Crippen molar-refractivity contribution < 1.29 is 4.79 Å². The van der Waals surface area contributed by atoms with Crippen molar-refractivity contribution in [1.82, 2.24) is 19.7 Å². The lowest BCUT2D eigenvalue weighted by Crippen LogP contribution is -2.08. The number of allylic oxidation sites excluding steroid dienone is 1. The van der Waals surface area contributed by atoms with E-state index in [2.05, 4.69) is 22.0 Å². The molecule has 4 aromatic rings. The predicted molar refractivity (Wildman–Crippen MR) is 114 cm³/mol. The zero-order valence-electron chi connectivity index (χ0n) is 16.1. The molecule has 29 heavy (non-hydrogen) atoms. The summed E-state index contributed by atoms with van der Waals surface area (Å²) in [5.74, 6) is 1.24. The van der Waals surface area contributed by atoms with Gasteiger partial charge in [0.2, 0.25) is 0 Å². The summed E-state index contributed by atoms with van der Waals surface area (Å²) in [5, 5.41) is 4.39. The summed E-state index contributed by atoms with van der Waals surface area (Å²) >= 11 is 0. The molecule has 0 radical (unpaired) electrons. The molecule has 0 aliphatic heterocycles. The van der Waals surface area contributed by atoms with Gasteiger partial charge in [0.25, 0.3) is 0 Å². The predicted octanol–water partition coefficient (Wildman–Crippen LogP) is 4.11. The molecule has 0 atom stereocenters. The fourth-order valence-corrected chi connectivity index (χ4v) is 3.87. The van der Waals surface area contributed by atoms with Crippen LogP contribution in [-0.4, -0.2) is 25.5 Å². The van der Waals surface area contributed by atoms with Crippen LogP contribution in [0.25, 0.3) is 22.8 Å². The molecule has 0 saturated heterocycles. The summed E-state index contributed by atoms with van der Waals surface area (Å²) in [5.41, 5.74) is 12.4. The second-order valence-electron chi connectivity index (χ2n) is 7.36. The van der Waals surface area contributed by atoms with Crippen molar-refractivity contribution in [3.63, 3.8) is 0 Å². The number of nitrogens with two attached hydrogens (primary N) is 1. The highest BCUT2D eigenvalue weighted by molar-refractivity contribution is 6.15. The lowest BCUT2D eigenvalue weighted by atomic mass is 10.0. The van der Waals surface area contributed by atoms with Gasteiger partial charge in [0.05, 0.1) is 28.5 Å². The second-order valence-corrected chi connectivity index (χ2v) is 7.36. The fourth-order valence-electron chi connectivity index (χ4n) is 3.87. The van der Waals surface area contributed by atoms with E-state index in [9.17, 15) is 4.79 Å². The number of anilines is 1. The van der Waals surface area contributed by atoms with Gasteiger partial charge >= 0.3 is 0 Å². The Bertz CT molecular complexity index is 1280. The molecule has 0 saturated carbocycles. The maximum Gasteiger partial charge on any atom is 0.194 e. The van der Waals surface area contributed by atoms with Gasteiger partial charge in [-0.3, -0.25) is 4.79 Å². The van der Waals surface area contributed by atoms with Gasteiger partial charge in [-0.15, -0.1) is 0 Å². The number of nitrogen functional groups attached to an aromatic ring is 1. The maximum atomic E-state index is 13.1. The Morgan fingerprint density at radius 2 is 2.10 bits per heavy atom. The van der Waals surface area contributed by atoms with E-state index < -0.39 is 0 Å². The van der Waals surface area contributed by atoms with Gasteiger partial charge in [0.1, 0.15) is 11.6 Å². The molecule has 1 aliphatic carbocycles. The minimum absolute atomic E-state index is 0.0715. The minimum atomic E-state index is -0.0715. The second kappa shape index (κ2) is 6.74. The van der Waals surface area contributed by atoms with Gasteiger partial charge in [0.15, 0.2) is 5.78 Å². The van der Waals surface area contributed by atoms with Crippen LogP contribution in [0.3, 0.4) is 0 Å². The van der Waals surface area contributed by atoms with Crippen LogP contribution in [0.15, 0.2) is 54.2 Å². The highest BCUT2D eigenvalue weighted by Gasteiger charge is 2.23. The average molecular weight is 383 g/mol. The van der Waals surface area contributed by atoms with Crippen LogP contribution in [0.1, 0.15) is 40.7 Å². The van der Waals surface area contributed by atoms with Crippen LogP contribution in [0, 0.1) is 0 Å². The number of rotatable bonds is 5. The Morgan fingerprint density at radius 3 is 2.93 bits per heavy atom. The van der Waals surface area contributed by atoms with E-state index in [0.29, 0.717) is 17.8 Å². The fraction of sp³-hybridized carbons (Fsp3) is 0.174. The Labute approximate surface area is 168 Å². The largest absolute Gasteiger partial charge is 0.383 e. The number of ketones is 1. The van der Waals surface area contributed by atoms with Crippen LogP contribution in [0.5, 0.6) is 0 Å². The molecule has 2 aromatic heterocycles. The van der Waals surface area contributed by atoms with Crippen molar-refractivity contribution in [2.45, 2.75) is 26.2 Å². The van der Waals surface area contributed by atoms with Crippen molar-refractivity contribution in [2.75, 3.05) is 5.73 Å². The van der Waals surface area contributed by atoms with E-state index in [1.165, 1.54) is 0 Å². The van der Waals surface area contributed by atoms with Crippen LogP contribution < -0.4 is 5.73 Å². The van der Waals surface area contributed by atoms with Gasteiger partial charge in [-0.05, 0) is 41.8 Å². The molecule has 6 nitrogen and oxygen atoms in total. The number of Topliss-reactive ketones (excluding diaryl/α,β-unsaturated/α-hetero) is 1. The minimum Gasteiger partial charge on any atom is -0.383 e. The Balaban J connectivity index is 1.47. The first-order valence-corrected chi connectivity index (χ1v) is 9.79. The molecule has 0 amide bonds. The number of carbonyl (C=O) groups is 1. The van der Waals surface area contributed by atoms with Crippen molar-refractivity contribution in [3.8, 4) is 5.69 Å². The number of H-pyrrole nitrogens is 1. The molecule has 0 unspecified atom stereocenters. The number of aromatic nitrogens is 4. The van der Waals surface area contributed by atoms with E-state index in [0.717, 1.165) is 52.1 Å². The number of nitrogens with zero attached hydrogens (tertiary/aromatic N) is 3. The van der Waals surface area contributed by atoms with Gasteiger partial charge < -0.3 is 10.7 Å². The summed E-state index contributed by atoms with van der Waals surface area (Å²) < 4.78 is 1.61. The first kappa shape index (κ1) is 17.4. The zero-order valence-corrected chi connectivity index (χ0v) is 16.1. The van der Waals surface area contributed by atoms with E-state index in [4.69, 9.17) is 5.73 Å². The number of aromatic amines is 1. The van der Waals surface area contributed by atoms with Crippen molar-refractivity contribution in [2.24, 2.45) is 0 Å². The zero-order chi connectivity index (χ0) is 20.0. The normalized spacial score (nSPS) is 12.9. The van der Waals surface area contributed by atoms with Crippen LogP contribution in [0.4, 0.5) is 5.82 Å². The molecule has 0 fully saturated rings. The maximum absolute atomic E-state index is 13.1. The molecule has 2 aromatic carbocycles. The number of aryl methyl sites for hydroxylation is 1. The number of fused-ring (bicyclic) bond motifs is 2. The summed E-state index contributed by atoms with van der Waals surface area (Å²) in [7, 11) is 0. The lowest BCUT2D eigenvalue weighted by Gasteiger charge is -2.05. The summed E-state index contributed by atoms with van der Waals surface area (Å²) in [6.45, 7) is 2.12. The lowest BCUT2D eigenvalue weighted by molar-refractivity contribution is 0.103. The molecule has 144 valence electrons. The summed E-state index contributed by atoms with van der Waals surface area (Å²) in [6.07, 6.45) is 6.06. The highest BCUT2D eigenvalue weighted by Crippen LogP contribution is 2.29. The monoisotopic (exact) mass is 383 g/mol. The van der Waals surface area contributed by atoms with Gasteiger partial charge in [-0.2, -0.15) is 5.10 Å². The number of imidazole rings is 1. The number of benzene rings is 2. The molecular weight excluding hydrogens is 362 g/mol. The van der Waals surface area contributed by atoms with Crippen molar-refractivity contribution in [1.29, 1.82) is 0 Å². The quantitative estimate of drug-likeness (QED) is 0.508. The van der Waals surface area contributed by atoms with Crippen molar-refractivity contribution in [3.05, 3.63) is 76.7 Å². The first-order chi connectivity index (χ1) is 14.1. The Morgan fingerprint density at radius 1 is 1.24 bits per heavy atom. The smallest absolute Gasteiger partial charge is 0.194 e. The molecule has 1 aliphatic rings. The molecule has 3 N–H and O–H groups in total. The van der Waals surface area contributed by atoms with Gasteiger partial charge in [-0.1, -0.05) is 31.2 Å². The summed E-state index contributed by atoms with van der Waals surface area (Å²) in [4.78, 5) is 21.0. The van der Waals surface area contributed by atoms with Crippen LogP contribution in [-0.2, 0) is 12.8 Å². The number of carbonyl (C=O) groups excluding carboxylic acids is 1. The van der Waals surface area contributed by atoms with E-state index in [-0.39, 0.29) is 5.78 Å². The number of hydrogen-bond acceptors (Lipinski definition) is 4. The third kappa shape index (κ3) is 2.93. The molecule has 5 rings (SSSR count). The van der Waals surface area contributed by atoms with Crippen LogP contribution >= 0.6 is 0 Å². The molecule has 2 heterocycles. The third-order valence-corrected chi connectivity index (χ3v) is 5.35. The standard InChI is InChI=1S/C23H21N5O/c1-2-5-21-26-19-9-8-17(12-20(19)27-21)28-23(24)18(13-25-28)22(29)16-10-14-6-3-4-7-15(14)11-16/h3-4,6-10,12-13H,2,5,11,24H2,1H3,(H,26,27). The number of nitrogens with one attached hydrogen (secondary N) is 1. The number of hydrogen-bond donors (Lipinski definition) is 2. The summed E-state index contributed by atoms with van der Waals surface area (Å²) in [6, 6.07) is 13.9. The molecule has 6 heteroatoms. The van der Waals surface area contributed by atoms with Gasteiger partial charge in [0, 0.05) is 18.4 Å². The van der Waals surface area contributed by atoms with Crippen LogP contribution in [0.2, 0.25) is 0 Å². The average Bonchev–Trinajstić information content (AvgIpc) is 3.42. The molecule has 0 bridgehead atoms. The van der Waals surface area contributed by atoms with E-state index in [1.54, 1.807) is 10.9 Å². The SMILES string of the molecule is CCCc1nc2ccc(-n3ncc(C(=O)C4=Cc5ccccc5C4)c3N)cc2[nH]1. The first-order valence-electron chi connectivity index (χ1n) is 9.79. The van der Waals surface area contributed by atoms with E-state index >= 15 is 0 Å². The Hall–Kier alpha value is -3.67. The van der Waals surface area contributed by atoms with Gasteiger partial charge in [-0.25, -0.2) is 9.67 Å². The third-order valence-electron chi connectivity index (χ3n) is 5.35.